The quantitative estimate of drug-likeness (QED) is 0.738. The minimum Gasteiger partial charge on any atom is -0.481 e. The molecule has 0 aliphatic carbocycles. The fraction of sp³-hybridized carbons (Fsp3) is 0.692. The molecule has 1 heterocycles. The SMILES string of the molecule is CN(CCCCC(C)(C)C(=O)O)Cc1cscn1. The number of carbonyl (C=O) groups is 1. The Hall–Kier alpha value is -0.940. The van der Waals surface area contributed by atoms with Crippen LogP contribution in [-0.2, 0) is 11.3 Å². The summed E-state index contributed by atoms with van der Waals surface area (Å²) in [7, 11) is 2.07. The zero-order valence-corrected chi connectivity index (χ0v) is 12.2. The number of hydrogen-bond acceptors (Lipinski definition) is 4. The summed E-state index contributed by atoms with van der Waals surface area (Å²) in [6.07, 6.45) is 2.70. The number of hydrogen-bond donors (Lipinski definition) is 1. The van der Waals surface area contributed by atoms with Crippen LogP contribution >= 0.6 is 11.3 Å². The summed E-state index contributed by atoms with van der Waals surface area (Å²) in [6.45, 7) is 5.42. The predicted molar refractivity (Wildman–Crippen MR) is 73.7 cm³/mol. The highest BCUT2D eigenvalue weighted by molar-refractivity contribution is 7.07. The molecule has 102 valence electrons. The van der Waals surface area contributed by atoms with Gasteiger partial charge in [-0.25, -0.2) is 4.98 Å². The van der Waals surface area contributed by atoms with Crippen molar-refractivity contribution in [3.63, 3.8) is 0 Å². The number of rotatable bonds is 8. The zero-order chi connectivity index (χ0) is 13.6. The van der Waals surface area contributed by atoms with E-state index in [1.165, 1.54) is 0 Å². The standard InChI is InChI=1S/C13H22N2O2S/c1-13(2,12(16)17)6-4-5-7-15(3)8-11-9-18-10-14-11/h9-10H,4-8H2,1-3H3,(H,16,17). The second kappa shape index (κ2) is 6.85. The van der Waals surface area contributed by atoms with E-state index in [0.29, 0.717) is 0 Å². The molecule has 0 fully saturated rings. The van der Waals surface area contributed by atoms with E-state index < -0.39 is 11.4 Å². The van der Waals surface area contributed by atoms with Crippen molar-refractivity contribution < 1.29 is 9.90 Å². The van der Waals surface area contributed by atoms with Crippen LogP contribution < -0.4 is 0 Å². The Morgan fingerprint density at radius 3 is 2.78 bits per heavy atom. The molecule has 0 amide bonds. The maximum Gasteiger partial charge on any atom is 0.309 e. The lowest BCUT2D eigenvalue weighted by Crippen LogP contribution is -2.24. The van der Waals surface area contributed by atoms with Gasteiger partial charge in [0.1, 0.15) is 0 Å². The fourth-order valence-electron chi connectivity index (χ4n) is 1.73. The summed E-state index contributed by atoms with van der Waals surface area (Å²) >= 11 is 1.61. The van der Waals surface area contributed by atoms with Crippen molar-refractivity contribution in [3.8, 4) is 0 Å². The van der Waals surface area contributed by atoms with Crippen LogP contribution in [-0.4, -0.2) is 34.6 Å². The van der Waals surface area contributed by atoms with Crippen LogP contribution in [0.25, 0.3) is 0 Å². The molecule has 0 unspecified atom stereocenters. The van der Waals surface area contributed by atoms with Crippen LogP contribution in [0.5, 0.6) is 0 Å². The molecular weight excluding hydrogens is 248 g/mol. The van der Waals surface area contributed by atoms with E-state index in [1.807, 2.05) is 5.51 Å². The molecule has 0 saturated heterocycles. The highest BCUT2D eigenvalue weighted by Gasteiger charge is 2.25. The Labute approximate surface area is 113 Å². The third-order valence-corrected chi connectivity index (χ3v) is 3.72. The second-order valence-corrected chi connectivity index (χ2v) is 6.08. The van der Waals surface area contributed by atoms with E-state index >= 15 is 0 Å². The first-order chi connectivity index (χ1) is 8.42. The van der Waals surface area contributed by atoms with E-state index in [4.69, 9.17) is 5.11 Å². The molecule has 18 heavy (non-hydrogen) atoms. The smallest absolute Gasteiger partial charge is 0.309 e. The van der Waals surface area contributed by atoms with E-state index in [9.17, 15) is 4.79 Å². The van der Waals surface area contributed by atoms with Crippen molar-refractivity contribution in [2.75, 3.05) is 13.6 Å². The summed E-state index contributed by atoms with van der Waals surface area (Å²) in [5, 5.41) is 11.1. The van der Waals surface area contributed by atoms with Gasteiger partial charge in [0.25, 0.3) is 0 Å². The lowest BCUT2D eigenvalue weighted by molar-refractivity contribution is -0.147. The van der Waals surface area contributed by atoms with Gasteiger partial charge in [0.2, 0.25) is 0 Å². The molecule has 5 heteroatoms. The molecule has 0 spiro atoms. The van der Waals surface area contributed by atoms with Gasteiger partial charge in [0.15, 0.2) is 0 Å². The number of carboxylic acid groups (broad SMARTS) is 1. The van der Waals surface area contributed by atoms with Crippen molar-refractivity contribution in [2.45, 2.75) is 39.7 Å². The molecule has 1 rings (SSSR count). The number of aliphatic carboxylic acids is 1. The number of aromatic nitrogens is 1. The molecule has 0 aliphatic rings. The Morgan fingerprint density at radius 1 is 1.50 bits per heavy atom. The number of unbranched alkanes of at least 4 members (excludes halogenated alkanes) is 1. The number of thiazole rings is 1. The summed E-state index contributed by atoms with van der Waals surface area (Å²) in [6, 6.07) is 0. The lowest BCUT2D eigenvalue weighted by Gasteiger charge is -2.20. The fourth-order valence-corrected chi connectivity index (χ4v) is 2.28. The summed E-state index contributed by atoms with van der Waals surface area (Å²) < 4.78 is 0. The van der Waals surface area contributed by atoms with Crippen LogP contribution in [0.15, 0.2) is 10.9 Å². The van der Waals surface area contributed by atoms with Gasteiger partial charge in [-0.15, -0.1) is 11.3 Å². The molecule has 0 bridgehead atoms. The first-order valence-corrected chi connectivity index (χ1v) is 7.15. The van der Waals surface area contributed by atoms with Crippen LogP contribution in [0.2, 0.25) is 0 Å². The molecule has 0 atom stereocenters. The molecule has 0 aromatic carbocycles. The van der Waals surface area contributed by atoms with Gasteiger partial charge in [0.05, 0.1) is 16.6 Å². The third kappa shape index (κ3) is 5.14. The lowest BCUT2D eigenvalue weighted by atomic mass is 9.87. The van der Waals surface area contributed by atoms with Crippen LogP contribution in [0.4, 0.5) is 0 Å². The van der Waals surface area contributed by atoms with Crippen molar-refractivity contribution >= 4 is 17.3 Å². The van der Waals surface area contributed by atoms with Crippen LogP contribution in [0, 0.1) is 5.41 Å². The zero-order valence-electron chi connectivity index (χ0n) is 11.3. The van der Waals surface area contributed by atoms with Gasteiger partial charge in [0, 0.05) is 11.9 Å². The van der Waals surface area contributed by atoms with Crippen molar-refractivity contribution in [2.24, 2.45) is 5.41 Å². The normalized spacial score (nSPS) is 12.0. The van der Waals surface area contributed by atoms with Crippen molar-refractivity contribution in [1.29, 1.82) is 0 Å². The van der Waals surface area contributed by atoms with Crippen molar-refractivity contribution in [3.05, 3.63) is 16.6 Å². The van der Waals surface area contributed by atoms with Gasteiger partial charge in [-0.05, 0) is 40.3 Å². The van der Waals surface area contributed by atoms with Gasteiger partial charge in [-0.3, -0.25) is 4.79 Å². The minimum absolute atomic E-state index is 0.604. The molecule has 0 saturated carbocycles. The molecule has 4 nitrogen and oxygen atoms in total. The molecule has 0 aliphatic heterocycles. The third-order valence-electron chi connectivity index (χ3n) is 3.09. The second-order valence-electron chi connectivity index (χ2n) is 5.36. The van der Waals surface area contributed by atoms with E-state index in [0.717, 1.165) is 38.0 Å². The topological polar surface area (TPSA) is 53.4 Å². The first kappa shape index (κ1) is 15.1. The van der Waals surface area contributed by atoms with E-state index in [-0.39, 0.29) is 0 Å². The van der Waals surface area contributed by atoms with Gasteiger partial charge in [-0.2, -0.15) is 0 Å². The Bertz CT molecular complexity index is 363. The highest BCUT2D eigenvalue weighted by atomic mass is 32.1. The summed E-state index contributed by atoms with van der Waals surface area (Å²) in [5.41, 5.74) is 2.35. The van der Waals surface area contributed by atoms with Crippen LogP contribution in [0.1, 0.15) is 38.8 Å². The van der Waals surface area contributed by atoms with Gasteiger partial charge in [-0.1, -0.05) is 6.42 Å². The van der Waals surface area contributed by atoms with Crippen LogP contribution in [0.3, 0.4) is 0 Å². The van der Waals surface area contributed by atoms with Crippen molar-refractivity contribution in [1.82, 2.24) is 9.88 Å². The molecule has 1 N–H and O–H groups in total. The Kier molecular flexibility index (Phi) is 5.75. The summed E-state index contributed by atoms with van der Waals surface area (Å²) in [5.74, 6) is -0.710. The first-order valence-electron chi connectivity index (χ1n) is 6.21. The molecule has 1 aromatic rings. The number of nitrogens with zero attached hydrogens (tertiary/aromatic N) is 2. The minimum atomic E-state index is -0.710. The molecular formula is C13H22N2O2S. The average Bonchev–Trinajstić information content (AvgIpc) is 2.77. The maximum absolute atomic E-state index is 10.9. The highest BCUT2D eigenvalue weighted by Crippen LogP contribution is 2.23. The van der Waals surface area contributed by atoms with Gasteiger partial charge < -0.3 is 10.0 Å². The molecule has 1 aromatic heterocycles. The van der Waals surface area contributed by atoms with E-state index in [1.54, 1.807) is 25.2 Å². The maximum atomic E-state index is 10.9. The van der Waals surface area contributed by atoms with E-state index in [2.05, 4.69) is 22.3 Å². The number of carboxylic acids is 1. The Balaban J connectivity index is 2.16. The monoisotopic (exact) mass is 270 g/mol. The average molecular weight is 270 g/mol. The molecule has 0 radical (unpaired) electrons. The Morgan fingerprint density at radius 2 is 2.22 bits per heavy atom. The van der Waals surface area contributed by atoms with Gasteiger partial charge >= 0.3 is 5.97 Å². The predicted octanol–water partition coefficient (Wildman–Crippen LogP) is 2.86. The summed E-state index contributed by atoms with van der Waals surface area (Å²) in [4.78, 5) is 17.4. The largest absolute Gasteiger partial charge is 0.481 e.